The van der Waals surface area contributed by atoms with E-state index in [1.807, 2.05) is 17.5 Å². The van der Waals surface area contributed by atoms with Crippen molar-refractivity contribution < 1.29 is 26.4 Å². The van der Waals surface area contributed by atoms with Gasteiger partial charge < -0.3 is 4.90 Å². The van der Waals surface area contributed by atoms with E-state index in [0.717, 1.165) is 4.88 Å². The van der Waals surface area contributed by atoms with Crippen LogP contribution >= 0.6 is 23.1 Å². The van der Waals surface area contributed by atoms with Crippen molar-refractivity contribution in [2.45, 2.75) is 19.6 Å². The molecule has 2 rings (SSSR count). The van der Waals surface area contributed by atoms with Crippen molar-refractivity contribution in [3.05, 3.63) is 56.2 Å². The minimum atomic E-state index is -5.26. The molecule has 26 heavy (non-hydrogen) atoms. The average molecular weight is 424 g/mol. The molecule has 0 fully saturated rings. The highest BCUT2D eigenvalue weighted by molar-refractivity contribution is 8.02. The molecule has 0 radical (unpaired) electrons. The molecule has 0 aliphatic carbocycles. The number of nitrogens with zero attached hydrogens (tertiary/aromatic N) is 1. The molecule has 10 heteroatoms. The maximum Gasteiger partial charge on any atom is 0.455 e. The first-order chi connectivity index (χ1) is 12.1. The molecular formula is C16H16F3NO3S3. The molecular weight excluding hydrogens is 407 g/mol. The summed E-state index contributed by atoms with van der Waals surface area (Å²) >= 11 is 2.78. The van der Waals surface area contributed by atoms with E-state index in [-0.39, 0.29) is 5.57 Å². The van der Waals surface area contributed by atoms with Gasteiger partial charge in [0.15, 0.2) is 9.84 Å². The van der Waals surface area contributed by atoms with Gasteiger partial charge in [0.1, 0.15) is 4.91 Å². The summed E-state index contributed by atoms with van der Waals surface area (Å²) < 4.78 is 63.1. The number of carbonyl (C=O) groups is 1. The second kappa shape index (κ2) is 8.01. The van der Waals surface area contributed by atoms with Crippen molar-refractivity contribution in [3.63, 3.8) is 0 Å². The second-order valence-electron chi connectivity index (χ2n) is 5.22. The number of hydrogen-bond acceptors (Lipinski definition) is 6. The van der Waals surface area contributed by atoms with E-state index >= 15 is 0 Å². The van der Waals surface area contributed by atoms with Crippen molar-refractivity contribution >= 4 is 38.7 Å². The van der Waals surface area contributed by atoms with Crippen molar-refractivity contribution in [2.24, 2.45) is 0 Å². The van der Waals surface area contributed by atoms with Gasteiger partial charge in [-0.2, -0.15) is 13.2 Å². The Hall–Kier alpha value is -1.52. The van der Waals surface area contributed by atoms with Crippen LogP contribution in [-0.4, -0.2) is 37.3 Å². The number of hydrogen-bond donors (Lipinski definition) is 0. The van der Waals surface area contributed by atoms with E-state index in [9.17, 15) is 26.4 Å². The molecule has 0 unspecified atom stereocenters. The average Bonchev–Trinajstić information content (AvgIpc) is 3.08. The van der Waals surface area contributed by atoms with Crippen LogP contribution in [0.4, 0.5) is 13.2 Å². The predicted molar refractivity (Wildman–Crippen MR) is 98.1 cm³/mol. The molecule has 1 aliphatic rings. The first-order valence-corrected chi connectivity index (χ1v) is 11.2. The molecule has 142 valence electrons. The zero-order valence-corrected chi connectivity index (χ0v) is 16.4. The monoisotopic (exact) mass is 423 g/mol. The standard InChI is InChI=1S/C16H16F3NO3S3/c1-3-26(22,23)14(15(21)16(17,18)19)11-6-7-20(13(9-11)24-2)10-12-5-4-8-25-12/h4-9H,3,10H2,1-2H3/b14-11-. The van der Waals surface area contributed by atoms with E-state index in [2.05, 4.69) is 0 Å². The van der Waals surface area contributed by atoms with E-state index < -0.39 is 32.5 Å². The molecule has 1 aromatic rings. The number of halogens is 3. The smallest absolute Gasteiger partial charge is 0.338 e. The summed E-state index contributed by atoms with van der Waals surface area (Å²) in [4.78, 5) is 13.4. The molecule has 0 bridgehead atoms. The lowest BCUT2D eigenvalue weighted by Gasteiger charge is -2.26. The van der Waals surface area contributed by atoms with Crippen LogP contribution in [0.3, 0.4) is 0 Å². The van der Waals surface area contributed by atoms with Crippen LogP contribution in [0.5, 0.6) is 0 Å². The summed E-state index contributed by atoms with van der Waals surface area (Å²) in [7, 11) is -4.35. The highest BCUT2D eigenvalue weighted by Gasteiger charge is 2.45. The number of thioether (sulfide) groups is 1. The van der Waals surface area contributed by atoms with Crippen LogP contribution in [0.2, 0.25) is 0 Å². The summed E-state index contributed by atoms with van der Waals surface area (Å²) in [5.41, 5.74) is -0.249. The number of Topliss-reactive ketones (excluding diaryl/α,β-unsaturated/α-hetero) is 1. The zero-order valence-electron chi connectivity index (χ0n) is 13.9. The fourth-order valence-electron chi connectivity index (χ4n) is 2.25. The van der Waals surface area contributed by atoms with Crippen molar-refractivity contribution in [3.8, 4) is 0 Å². The molecule has 1 aliphatic heterocycles. The molecule has 0 atom stereocenters. The second-order valence-corrected chi connectivity index (χ2v) is 9.30. The number of alkyl halides is 3. The summed E-state index contributed by atoms with van der Waals surface area (Å²) in [6.45, 7) is 1.70. The fourth-order valence-corrected chi connectivity index (χ4v) is 4.73. The lowest BCUT2D eigenvalue weighted by Crippen LogP contribution is -2.30. The van der Waals surface area contributed by atoms with Crippen LogP contribution < -0.4 is 0 Å². The predicted octanol–water partition coefficient (Wildman–Crippen LogP) is 4.10. The van der Waals surface area contributed by atoms with E-state index in [1.165, 1.54) is 48.4 Å². The maximum absolute atomic E-state index is 12.9. The van der Waals surface area contributed by atoms with Gasteiger partial charge in [-0.05, 0) is 29.9 Å². The molecule has 2 heterocycles. The summed E-state index contributed by atoms with van der Waals surface area (Å²) in [5, 5.41) is 2.46. The van der Waals surface area contributed by atoms with Gasteiger partial charge in [0.05, 0.1) is 17.3 Å². The number of carbonyl (C=O) groups excluding carboxylic acids is 1. The Morgan fingerprint density at radius 3 is 2.54 bits per heavy atom. The first-order valence-electron chi connectivity index (χ1n) is 7.41. The zero-order chi connectivity index (χ0) is 19.5. The van der Waals surface area contributed by atoms with Gasteiger partial charge in [-0.3, -0.25) is 4.79 Å². The van der Waals surface area contributed by atoms with Crippen molar-refractivity contribution in [1.82, 2.24) is 4.90 Å². The normalized spacial score (nSPS) is 17.3. The SMILES string of the molecule is CCS(=O)(=O)/C(C(=O)C(F)(F)F)=C1/C=CN(Cc2cccs2)C(SC)=C1. The fraction of sp³-hybridized carbons (Fsp3) is 0.312. The lowest BCUT2D eigenvalue weighted by molar-refractivity contribution is -0.165. The molecule has 0 N–H and O–H groups in total. The van der Waals surface area contributed by atoms with Gasteiger partial charge >= 0.3 is 6.18 Å². The Labute approximate surface area is 158 Å². The van der Waals surface area contributed by atoms with E-state index in [4.69, 9.17) is 0 Å². The van der Waals surface area contributed by atoms with Gasteiger partial charge in [-0.25, -0.2) is 8.42 Å². The summed E-state index contributed by atoms with van der Waals surface area (Å²) in [6.07, 6.45) is 0.503. The Morgan fingerprint density at radius 1 is 1.35 bits per heavy atom. The number of rotatable bonds is 6. The van der Waals surface area contributed by atoms with Gasteiger partial charge in [-0.1, -0.05) is 13.0 Å². The van der Waals surface area contributed by atoms with Gasteiger partial charge in [0.2, 0.25) is 0 Å². The number of allylic oxidation sites excluding steroid dienone is 4. The molecule has 1 aromatic heterocycles. The topological polar surface area (TPSA) is 54.5 Å². The van der Waals surface area contributed by atoms with Crippen LogP contribution in [-0.2, 0) is 21.2 Å². The Bertz CT molecular complexity index is 866. The van der Waals surface area contributed by atoms with Crippen LogP contribution in [0, 0.1) is 0 Å². The highest BCUT2D eigenvalue weighted by atomic mass is 32.2. The summed E-state index contributed by atoms with van der Waals surface area (Å²) in [6, 6.07) is 3.80. The molecule has 0 saturated carbocycles. The van der Waals surface area contributed by atoms with Crippen LogP contribution in [0.15, 0.2) is 51.4 Å². The molecule has 0 saturated heterocycles. The molecule has 0 spiro atoms. The van der Waals surface area contributed by atoms with Crippen LogP contribution in [0.25, 0.3) is 0 Å². The first kappa shape index (κ1) is 20.8. The van der Waals surface area contributed by atoms with Crippen molar-refractivity contribution in [2.75, 3.05) is 12.0 Å². The molecule has 0 aromatic carbocycles. The third-order valence-electron chi connectivity index (χ3n) is 3.53. The Kier molecular flexibility index (Phi) is 6.41. The molecule has 0 amide bonds. The Balaban J connectivity index is 2.52. The third-order valence-corrected chi connectivity index (χ3v) is 6.96. The number of sulfone groups is 1. The lowest BCUT2D eigenvalue weighted by atomic mass is 10.1. The Morgan fingerprint density at radius 2 is 2.04 bits per heavy atom. The van der Waals surface area contributed by atoms with Gasteiger partial charge in [0, 0.05) is 16.7 Å². The quantitative estimate of drug-likeness (QED) is 0.645. The highest BCUT2D eigenvalue weighted by Crippen LogP contribution is 2.33. The number of thiophene rings is 1. The van der Waals surface area contributed by atoms with E-state index in [0.29, 0.717) is 11.6 Å². The largest absolute Gasteiger partial charge is 0.455 e. The third kappa shape index (κ3) is 4.60. The molecule has 4 nitrogen and oxygen atoms in total. The van der Waals surface area contributed by atoms with Crippen LogP contribution in [0.1, 0.15) is 11.8 Å². The number of ketones is 1. The van der Waals surface area contributed by atoms with E-state index in [1.54, 1.807) is 11.2 Å². The van der Waals surface area contributed by atoms with Gasteiger partial charge in [0.25, 0.3) is 5.78 Å². The minimum Gasteiger partial charge on any atom is -0.338 e. The van der Waals surface area contributed by atoms with Gasteiger partial charge in [-0.15, -0.1) is 23.1 Å². The minimum absolute atomic E-state index is 0.249. The van der Waals surface area contributed by atoms with Crippen molar-refractivity contribution in [1.29, 1.82) is 0 Å². The summed E-state index contributed by atoms with van der Waals surface area (Å²) in [5.74, 6) is -2.94. The maximum atomic E-state index is 12.9.